The summed E-state index contributed by atoms with van der Waals surface area (Å²) in [4.78, 5) is 0. The van der Waals surface area contributed by atoms with Crippen molar-refractivity contribution in [2.75, 3.05) is 7.11 Å². The van der Waals surface area contributed by atoms with Gasteiger partial charge in [-0.3, -0.25) is 0 Å². The third-order valence-corrected chi connectivity index (χ3v) is 3.64. The first-order valence-corrected chi connectivity index (χ1v) is 6.12. The number of rotatable bonds is 2. The number of hydrogen-bond donors (Lipinski definition) is 0. The molecule has 1 saturated carbocycles. The topological polar surface area (TPSA) is 9.23 Å². The quantitative estimate of drug-likeness (QED) is 0.710. The lowest BCUT2D eigenvalue weighted by molar-refractivity contribution is 0.387. The van der Waals surface area contributed by atoms with Crippen LogP contribution in [0.15, 0.2) is 18.2 Å². The molecule has 0 N–H and O–H groups in total. The Morgan fingerprint density at radius 2 is 2.19 bits per heavy atom. The molecule has 0 radical (unpaired) electrons. The van der Waals surface area contributed by atoms with Crippen LogP contribution >= 0.6 is 11.6 Å². The fourth-order valence-corrected chi connectivity index (χ4v) is 2.81. The first-order chi connectivity index (χ1) is 7.70. The molecule has 1 aliphatic carbocycles. The zero-order valence-corrected chi connectivity index (χ0v) is 10.1. The highest BCUT2D eigenvalue weighted by Gasteiger charge is 2.24. The van der Waals surface area contributed by atoms with Crippen LogP contribution in [0.25, 0.3) is 0 Å². The first kappa shape index (κ1) is 11.7. The van der Waals surface area contributed by atoms with Crippen LogP contribution in [-0.2, 0) is 0 Å². The maximum Gasteiger partial charge on any atom is 0.123 e. The van der Waals surface area contributed by atoms with E-state index in [0.717, 1.165) is 37.0 Å². The van der Waals surface area contributed by atoms with Crippen LogP contribution in [0.5, 0.6) is 5.75 Å². The van der Waals surface area contributed by atoms with Gasteiger partial charge in [0, 0.05) is 10.9 Å². The fourth-order valence-electron chi connectivity index (χ4n) is 2.44. The van der Waals surface area contributed by atoms with E-state index in [2.05, 4.69) is 0 Å². The predicted molar refractivity (Wildman–Crippen MR) is 63.8 cm³/mol. The van der Waals surface area contributed by atoms with Gasteiger partial charge in [-0.2, -0.15) is 0 Å². The lowest BCUT2D eigenvalue weighted by atomic mass is 9.83. The summed E-state index contributed by atoms with van der Waals surface area (Å²) in [5.74, 6) is 0.909. The van der Waals surface area contributed by atoms with Crippen LogP contribution in [0.3, 0.4) is 0 Å². The first-order valence-electron chi connectivity index (χ1n) is 5.68. The Morgan fingerprint density at radius 1 is 1.38 bits per heavy atom. The zero-order chi connectivity index (χ0) is 11.5. The molecule has 1 aromatic rings. The number of alkyl halides is 1. The van der Waals surface area contributed by atoms with Gasteiger partial charge in [0.15, 0.2) is 0 Å². The summed E-state index contributed by atoms with van der Waals surface area (Å²) in [5, 5.41) is 0.215. The van der Waals surface area contributed by atoms with E-state index in [-0.39, 0.29) is 11.2 Å². The highest BCUT2D eigenvalue weighted by molar-refractivity contribution is 6.20. The molecule has 3 heteroatoms. The molecule has 0 saturated heterocycles. The molecule has 2 unspecified atom stereocenters. The van der Waals surface area contributed by atoms with Gasteiger partial charge in [-0.15, -0.1) is 11.6 Å². The van der Waals surface area contributed by atoms with Gasteiger partial charge in [0.1, 0.15) is 11.6 Å². The Labute approximate surface area is 101 Å². The molecule has 0 spiro atoms. The van der Waals surface area contributed by atoms with Gasteiger partial charge in [-0.25, -0.2) is 4.39 Å². The average molecular weight is 243 g/mol. The molecule has 0 aliphatic heterocycles. The van der Waals surface area contributed by atoms with E-state index in [1.165, 1.54) is 6.07 Å². The minimum absolute atomic E-state index is 0.201. The summed E-state index contributed by atoms with van der Waals surface area (Å²) in [6.07, 6.45) is 4.17. The molecular formula is C13H16ClFO. The molecule has 1 aliphatic rings. The minimum atomic E-state index is -0.201. The third-order valence-electron chi connectivity index (χ3n) is 3.24. The van der Waals surface area contributed by atoms with E-state index in [1.807, 2.05) is 0 Å². The second-order valence-electron chi connectivity index (χ2n) is 4.35. The van der Waals surface area contributed by atoms with E-state index in [4.69, 9.17) is 16.3 Å². The van der Waals surface area contributed by atoms with Gasteiger partial charge in [0.2, 0.25) is 0 Å². The maximum absolute atomic E-state index is 13.2. The van der Waals surface area contributed by atoms with Crippen molar-refractivity contribution in [2.24, 2.45) is 0 Å². The normalized spacial score (nSPS) is 25.4. The standard InChI is InChI=1S/C13H16ClFO/c1-16-13-6-5-11(15)8-12(13)9-3-2-4-10(14)7-9/h5-6,8-10H,2-4,7H2,1H3. The molecule has 1 aromatic carbocycles. The number of halogens is 2. The summed E-state index contributed by atoms with van der Waals surface area (Å²) in [6, 6.07) is 4.71. The van der Waals surface area contributed by atoms with E-state index in [0.29, 0.717) is 5.92 Å². The van der Waals surface area contributed by atoms with Gasteiger partial charge in [-0.1, -0.05) is 6.42 Å². The molecule has 0 heterocycles. The van der Waals surface area contributed by atoms with E-state index in [1.54, 1.807) is 19.2 Å². The molecule has 2 rings (SSSR count). The van der Waals surface area contributed by atoms with Crippen molar-refractivity contribution < 1.29 is 9.13 Å². The van der Waals surface area contributed by atoms with Crippen LogP contribution in [0.2, 0.25) is 0 Å². The molecule has 0 amide bonds. The molecule has 1 nitrogen and oxygen atoms in total. The minimum Gasteiger partial charge on any atom is -0.496 e. The van der Waals surface area contributed by atoms with Crippen molar-refractivity contribution in [3.8, 4) is 5.75 Å². The number of ether oxygens (including phenoxy) is 1. The van der Waals surface area contributed by atoms with Crippen molar-refractivity contribution in [3.63, 3.8) is 0 Å². The van der Waals surface area contributed by atoms with Crippen LogP contribution in [0.1, 0.15) is 37.2 Å². The molecule has 2 atom stereocenters. The van der Waals surface area contributed by atoms with Crippen LogP contribution in [0, 0.1) is 5.82 Å². The van der Waals surface area contributed by atoms with Gasteiger partial charge < -0.3 is 4.74 Å². The Kier molecular flexibility index (Phi) is 3.70. The Morgan fingerprint density at radius 3 is 2.88 bits per heavy atom. The van der Waals surface area contributed by atoms with Crippen molar-refractivity contribution in [1.82, 2.24) is 0 Å². The molecule has 88 valence electrons. The summed E-state index contributed by atoms with van der Waals surface area (Å²) < 4.78 is 18.5. The predicted octanol–water partition coefficient (Wildman–Crippen LogP) is 4.10. The number of benzene rings is 1. The van der Waals surface area contributed by atoms with E-state index in [9.17, 15) is 4.39 Å². The number of methoxy groups -OCH3 is 1. The largest absolute Gasteiger partial charge is 0.496 e. The average Bonchev–Trinajstić information content (AvgIpc) is 2.29. The molecule has 1 fully saturated rings. The third kappa shape index (κ3) is 2.49. The van der Waals surface area contributed by atoms with Crippen LogP contribution < -0.4 is 4.74 Å². The second kappa shape index (κ2) is 5.05. The van der Waals surface area contributed by atoms with Gasteiger partial charge in [-0.05, 0) is 43.4 Å². The van der Waals surface area contributed by atoms with E-state index < -0.39 is 0 Å². The molecular weight excluding hydrogens is 227 g/mol. The monoisotopic (exact) mass is 242 g/mol. The van der Waals surface area contributed by atoms with E-state index >= 15 is 0 Å². The highest BCUT2D eigenvalue weighted by Crippen LogP contribution is 2.39. The lowest BCUT2D eigenvalue weighted by Crippen LogP contribution is -2.14. The van der Waals surface area contributed by atoms with Gasteiger partial charge >= 0.3 is 0 Å². The van der Waals surface area contributed by atoms with Crippen LogP contribution in [-0.4, -0.2) is 12.5 Å². The SMILES string of the molecule is COc1ccc(F)cc1C1CCCC(Cl)C1. The smallest absolute Gasteiger partial charge is 0.123 e. The lowest BCUT2D eigenvalue weighted by Gasteiger charge is -2.26. The molecule has 0 aromatic heterocycles. The Bertz CT molecular complexity index is 367. The molecule has 0 bridgehead atoms. The Balaban J connectivity index is 2.26. The highest BCUT2D eigenvalue weighted by atomic mass is 35.5. The van der Waals surface area contributed by atoms with Crippen molar-refractivity contribution >= 4 is 11.6 Å². The summed E-state index contributed by atoms with van der Waals surface area (Å²) in [6.45, 7) is 0. The van der Waals surface area contributed by atoms with Crippen LogP contribution in [0.4, 0.5) is 4.39 Å². The van der Waals surface area contributed by atoms with Crippen molar-refractivity contribution in [2.45, 2.75) is 37.0 Å². The Hall–Kier alpha value is -0.760. The summed E-state index contributed by atoms with van der Waals surface area (Å²) in [7, 11) is 1.62. The van der Waals surface area contributed by atoms with Gasteiger partial charge in [0.05, 0.1) is 7.11 Å². The zero-order valence-electron chi connectivity index (χ0n) is 9.38. The number of hydrogen-bond acceptors (Lipinski definition) is 1. The maximum atomic E-state index is 13.2. The van der Waals surface area contributed by atoms with Gasteiger partial charge in [0.25, 0.3) is 0 Å². The van der Waals surface area contributed by atoms with Crippen molar-refractivity contribution in [1.29, 1.82) is 0 Å². The summed E-state index contributed by atoms with van der Waals surface area (Å²) >= 11 is 6.16. The van der Waals surface area contributed by atoms with Crippen molar-refractivity contribution in [3.05, 3.63) is 29.6 Å². The summed E-state index contributed by atoms with van der Waals surface area (Å²) in [5.41, 5.74) is 0.966. The second-order valence-corrected chi connectivity index (χ2v) is 4.96. The fraction of sp³-hybridized carbons (Fsp3) is 0.538. The molecule has 16 heavy (non-hydrogen) atoms.